The molecule has 0 aliphatic heterocycles. The third kappa shape index (κ3) is 2.50. The number of primary amides is 1. The Labute approximate surface area is 119 Å². The first-order valence-corrected chi connectivity index (χ1v) is 6.38. The van der Waals surface area contributed by atoms with Crippen molar-refractivity contribution in [2.45, 2.75) is 20.4 Å². The molecule has 0 radical (unpaired) electrons. The first-order valence-electron chi connectivity index (χ1n) is 5.60. The van der Waals surface area contributed by atoms with E-state index in [4.69, 9.17) is 29.6 Å². The lowest BCUT2D eigenvalue weighted by Gasteiger charge is -2.21. The fourth-order valence-corrected chi connectivity index (χ4v) is 2.21. The molecule has 1 aromatic heterocycles. The van der Waals surface area contributed by atoms with E-state index in [1.807, 2.05) is 0 Å². The van der Waals surface area contributed by atoms with Crippen molar-refractivity contribution < 1.29 is 9.18 Å². The number of carbonyl (C=O) groups is 1. The minimum absolute atomic E-state index is 0.00660. The topological polar surface area (TPSA) is 63.8 Å². The van der Waals surface area contributed by atoms with Crippen LogP contribution in [0.5, 0.6) is 0 Å². The van der Waals surface area contributed by atoms with Crippen molar-refractivity contribution in [2.75, 3.05) is 0 Å². The number of hydrogen-bond donors (Lipinski definition) is 2. The highest BCUT2D eigenvalue weighted by molar-refractivity contribution is 7.71. The van der Waals surface area contributed by atoms with Gasteiger partial charge in [-0.05, 0) is 32.1 Å². The Morgan fingerprint density at radius 3 is 2.79 bits per heavy atom. The van der Waals surface area contributed by atoms with Crippen LogP contribution in [-0.4, -0.2) is 15.5 Å². The summed E-state index contributed by atoms with van der Waals surface area (Å²) in [7, 11) is 0. The Morgan fingerprint density at radius 1 is 1.58 bits per heavy atom. The van der Waals surface area contributed by atoms with Gasteiger partial charge in [0.25, 0.3) is 0 Å². The Bertz CT molecular complexity index is 720. The van der Waals surface area contributed by atoms with Gasteiger partial charge < -0.3 is 15.3 Å². The van der Waals surface area contributed by atoms with Crippen LogP contribution in [0, 0.1) is 16.0 Å². The van der Waals surface area contributed by atoms with Gasteiger partial charge in [-0.15, -0.1) is 0 Å². The molecule has 1 amide bonds. The van der Waals surface area contributed by atoms with E-state index >= 15 is 0 Å². The van der Waals surface area contributed by atoms with Gasteiger partial charge in [-0.2, -0.15) is 0 Å². The van der Waals surface area contributed by atoms with Crippen LogP contribution in [0.3, 0.4) is 0 Å². The van der Waals surface area contributed by atoms with Gasteiger partial charge in [0.15, 0.2) is 4.77 Å². The molecule has 0 aliphatic rings. The van der Waals surface area contributed by atoms with Crippen LogP contribution in [0.1, 0.15) is 13.8 Å². The summed E-state index contributed by atoms with van der Waals surface area (Å²) in [6.45, 7) is 3.74. The van der Waals surface area contributed by atoms with Gasteiger partial charge >= 0.3 is 0 Å². The Hall–Kier alpha value is -1.40. The van der Waals surface area contributed by atoms with Crippen molar-refractivity contribution >= 4 is 40.8 Å². The molecule has 19 heavy (non-hydrogen) atoms. The summed E-state index contributed by atoms with van der Waals surface area (Å²) in [6, 6.07) is 2.76. The summed E-state index contributed by atoms with van der Waals surface area (Å²) in [4.78, 5) is 14.3. The van der Waals surface area contributed by atoms with Gasteiger partial charge in [0.05, 0.1) is 21.5 Å². The van der Waals surface area contributed by atoms with Crippen molar-refractivity contribution in [3.05, 3.63) is 27.7 Å². The number of fused-ring (bicyclic) bond motifs is 1. The van der Waals surface area contributed by atoms with E-state index in [2.05, 4.69) is 4.98 Å². The number of imidazole rings is 1. The highest BCUT2D eigenvalue weighted by Crippen LogP contribution is 2.26. The number of benzene rings is 1. The van der Waals surface area contributed by atoms with Gasteiger partial charge in [0.2, 0.25) is 5.91 Å². The molecule has 2 rings (SSSR count). The first-order chi connectivity index (χ1) is 8.72. The Balaban J connectivity index is 2.61. The van der Waals surface area contributed by atoms with Gasteiger partial charge in [-0.1, -0.05) is 11.6 Å². The quantitative estimate of drug-likeness (QED) is 0.856. The van der Waals surface area contributed by atoms with Crippen molar-refractivity contribution in [3.8, 4) is 0 Å². The number of aromatic amines is 1. The van der Waals surface area contributed by atoms with E-state index in [9.17, 15) is 9.18 Å². The monoisotopic (exact) mass is 301 g/mol. The van der Waals surface area contributed by atoms with Crippen molar-refractivity contribution in [2.24, 2.45) is 11.1 Å². The van der Waals surface area contributed by atoms with Crippen LogP contribution in [0.4, 0.5) is 4.39 Å². The molecule has 0 fully saturated rings. The number of amides is 1. The highest BCUT2D eigenvalue weighted by Gasteiger charge is 2.26. The lowest BCUT2D eigenvalue weighted by atomic mass is 9.92. The third-order valence-corrected chi connectivity index (χ3v) is 3.65. The number of nitrogens with zero attached hydrogens (tertiary/aromatic N) is 1. The van der Waals surface area contributed by atoms with Gasteiger partial charge in [-0.3, -0.25) is 4.79 Å². The minimum Gasteiger partial charge on any atom is -0.369 e. The summed E-state index contributed by atoms with van der Waals surface area (Å²) in [5.74, 6) is -0.955. The summed E-state index contributed by atoms with van der Waals surface area (Å²) in [5, 5.41) is 0.00660. The molecular weight excluding hydrogens is 289 g/mol. The van der Waals surface area contributed by atoms with E-state index in [0.717, 1.165) is 0 Å². The highest BCUT2D eigenvalue weighted by atomic mass is 35.5. The molecule has 4 nitrogen and oxygen atoms in total. The molecule has 1 aromatic carbocycles. The fourth-order valence-electron chi connectivity index (χ4n) is 1.78. The maximum Gasteiger partial charge on any atom is 0.224 e. The number of aromatic nitrogens is 2. The number of carbonyl (C=O) groups excluding carboxylic acids is 1. The Morgan fingerprint density at radius 2 is 2.21 bits per heavy atom. The van der Waals surface area contributed by atoms with Crippen LogP contribution in [-0.2, 0) is 11.3 Å². The first kappa shape index (κ1) is 14.0. The van der Waals surface area contributed by atoms with Crippen molar-refractivity contribution in [1.29, 1.82) is 0 Å². The van der Waals surface area contributed by atoms with Crippen LogP contribution >= 0.6 is 23.8 Å². The van der Waals surface area contributed by atoms with E-state index < -0.39 is 17.1 Å². The zero-order chi connectivity index (χ0) is 14.4. The summed E-state index contributed by atoms with van der Waals surface area (Å²) >= 11 is 11.0. The normalized spacial score (nSPS) is 12.0. The zero-order valence-electron chi connectivity index (χ0n) is 10.5. The maximum absolute atomic E-state index is 13.4. The molecule has 0 bridgehead atoms. The number of rotatable bonds is 3. The smallest absolute Gasteiger partial charge is 0.224 e. The number of H-pyrrole nitrogens is 1. The SMILES string of the molecule is CC(C)(Cn1c(=S)[nH]c2cc(F)c(Cl)cc21)C(N)=O. The largest absolute Gasteiger partial charge is 0.369 e. The predicted octanol–water partition coefficient (Wildman–Crippen LogP) is 3.00. The average molecular weight is 302 g/mol. The summed E-state index contributed by atoms with van der Waals surface area (Å²) in [5.41, 5.74) is 5.76. The summed E-state index contributed by atoms with van der Waals surface area (Å²) in [6.07, 6.45) is 0. The molecule has 0 aliphatic carbocycles. The van der Waals surface area contributed by atoms with Crippen LogP contribution in [0.2, 0.25) is 5.02 Å². The standard InChI is InChI=1S/C12H13ClFN3OS/c1-12(2,10(15)18)5-17-9-3-6(13)7(14)4-8(9)16-11(17)19/h3-4H,5H2,1-2H3,(H2,15,18)(H,16,19). The molecule has 3 N–H and O–H groups in total. The van der Waals surface area contributed by atoms with Gasteiger partial charge in [-0.25, -0.2) is 4.39 Å². The minimum atomic E-state index is -0.770. The lowest BCUT2D eigenvalue weighted by Crippen LogP contribution is -2.35. The van der Waals surface area contributed by atoms with E-state index in [1.165, 1.54) is 12.1 Å². The molecule has 2 aromatic rings. The van der Waals surface area contributed by atoms with Crippen LogP contribution < -0.4 is 5.73 Å². The fraction of sp³-hybridized carbons (Fsp3) is 0.333. The number of nitrogens with two attached hydrogens (primary N) is 1. The second-order valence-corrected chi connectivity index (χ2v) is 5.84. The number of halogens is 2. The van der Waals surface area contributed by atoms with Crippen molar-refractivity contribution in [1.82, 2.24) is 9.55 Å². The van der Waals surface area contributed by atoms with Gasteiger partial charge in [0.1, 0.15) is 5.82 Å². The van der Waals surface area contributed by atoms with E-state index in [-0.39, 0.29) is 5.02 Å². The van der Waals surface area contributed by atoms with Crippen LogP contribution in [0.15, 0.2) is 12.1 Å². The second-order valence-electron chi connectivity index (χ2n) is 5.05. The van der Waals surface area contributed by atoms with Gasteiger partial charge in [0, 0.05) is 12.6 Å². The molecule has 102 valence electrons. The maximum atomic E-state index is 13.4. The van der Waals surface area contributed by atoms with E-state index in [0.29, 0.717) is 22.3 Å². The second kappa shape index (κ2) is 4.61. The molecule has 0 saturated carbocycles. The molecule has 0 unspecified atom stereocenters. The number of hydrogen-bond acceptors (Lipinski definition) is 2. The molecule has 7 heteroatoms. The average Bonchev–Trinajstić information content (AvgIpc) is 2.56. The number of nitrogens with one attached hydrogen (secondary N) is 1. The van der Waals surface area contributed by atoms with E-state index in [1.54, 1.807) is 18.4 Å². The van der Waals surface area contributed by atoms with Crippen molar-refractivity contribution in [3.63, 3.8) is 0 Å². The molecule has 0 spiro atoms. The predicted molar refractivity (Wildman–Crippen MR) is 75.1 cm³/mol. The molecule has 0 atom stereocenters. The lowest BCUT2D eigenvalue weighted by molar-refractivity contribution is -0.126. The zero-order valence-corrected chi connectivity index (χ0v) is 12.0. The molecule has 1 heterocycles. The molecule has 0 saturated heterocycles. The molecular formula is C12H13ClFN3OS. The summed E-state index contributed by atoms with van der Waals surface area (Å²) < 4.78 is 15.5. The Kier molecular flexibility index (Phi) is 3.40. The van der Waals surface area contributed by atoms with Crippen LogP contribution in [0.25, 0.3) is 11.0 Å². The third-order valence-electron chi connectivity index (χ3n) is 3.04.